The molecule has 1 aromatic rings. The maximum Gasteiger partial charge on any atom is 0.0825 e. The summed E-state index contributed by atoms with van der Waals surface area (Å²) < 4.78 is 1.86. The highest BCUT2D eigenvalue weighted by Gasteiger charge is 2.14. The average Bonchev–Trinajstić information content (AvgIpc) is 2.47. The van der Waals surface area contributed by atoms with E-state index in [9.17, 15) is 0 Å². The van der Waals surface area contributed by atoms with Crippen LogP contribution in [-0.4, -0.2) is 28.9 Å². The van der Waals surface area contributed by atoms with Crippen LogP contribution in [0.5, 0.6) is 0 Å². The Labute approximate surface area is 84.7 Å². The average molecular weight is 194 g/mol. The van der Waals surface area contributed by atoms with E-state index in [1.165, 1.54) is 18.5 Å². The third kappa shape index (κ3) is 2.07. The van der Waals surface area contributed by atoms with Crippen LogP contribution >= 0.6 is 0 Å². The number of anilines is 1. The van der Waals surface area contributed by atoms with Crippen LogP contribution in [-0.2, 0) is 7.05 Å². The molecular weight excluding hydrogens is 176 g/mol. The second-order valence-electron chi connectivity index (χ2n) is 3.97. The molecule has 78 valence electrons. The van der Waals surface area contributed by atoms with Gasteiger partial charge in [0.25, 0.3) is 0 Å². The Morgan fingerprint density at radius 3 is 2.79 bits per heavy atom. The Bertz CT molecular complexity index is 299. The first-order valence-corrected chi connectivity index (χ1v) is 5.23. The van der Waals surface area contributed by atoms with Gasteiger partial charge in [0.05, 0.1) is 11.4 Å². The van der Waals surface area contributed by atoms with Crippen molar-refractivity contribution in [3.63, 3.8) is 0 Å². The summed E-state index contributed by atoms with van der Waals surface area (Å²) in [4.78, 5) is 0. The lowest BCUT2D eigenvalue weighted by Gasteiger charge is -2.24. The zero-order chi connectivity index (χ0) is 9.97. The predicted octanol–water partition coefficient (Wildman–Crippen LogP) is 0.892. The van der Waals surface area contributed by atoms with Gasteiger partial charge in [-0.15, -0.1) is 0 Å². The van der Waals surface area contributed by atoms with Crippen molar-refractivity contribution in [3.05, 3.63) is 11.9 Å². The lowest BCUT2D eigenvalue weighted by atomic mass is 10.1. The maximum atomic E-state index is 4.32. The molecule has 2 heterocycles. The van der Waals surface area contributed by atoms with Gasteiger partial charge in [-0.2, -0.15) is 5.10 Å². The second-order valence-corrected chi connectivity index (χ2v) is 3.97. The van der Waals surface area contributed by atoms with Crippen molar-refractivity contribution in [2.45, 2.75) is 25.8 Å². The third-order valence-corrected chi connectivity index (χ3v) is 2.71. The number of rotatable bonds is 2. The molecule has 0 aliphatic carbocycles. The molecule has 1 saturated heterocycles. The highest BCUT2D eigenvalue weighted by Crippen LogP contribution is 2.16. The highest BCUT2D eigenvalue weighted by molar-refractivity contribution is 5.46. The molecule has 0 atom stereocenters. The lowest BCUT2D eigenvalue weighted by Crippen LogP contribution is -2.35. The molecule has 2 rings (SSSR count). The number of hydrogen-bond donors (Lipinski definition) is 2. The Morgan fingerprint density at radius 2 is 2.21 bits per heavy atom. The molecule has 0 aromatic carbocycles. The van der Waals surface area contributed by atoms with Crippen LogP contribution in [0, 0.1) is 6.92 Å². The van der Waals surface area contributed by atoms with E-state index in [1.54, 1.807) is 0 Å². The normalized spacial score (nSPS) is 18.4. The van der Waals surface area contributed by atoms with E-state index in [0.717, 1.165) is 18.8 Å². The van der Waals surface area contributed by atoms with E-state index in [0.29, 0.717) is 6.04 Å². The molecule has 0 radical (unpaired) electrons. The number of piperidine rings is 1. The minimum absolute atomic E-state index is 0.610. The zero-order valence-corrected chi connectivity index (χ0v) is 8.88. The van der Waals surface area contributed by atoms with Gasteiger partial charge < -0.3 is 10.6 Å². The summed E-state index contributed by atoms with van der Waals surface area (Å²) in [6.07, 6.45) is 4.46. The van der Waals surface area contributed by atoms with E-state index >= 15 is 0 Å². The summed E-state index contributed by atoms with van der Waals surface area (Å²) in [5.74, 6) is 0. The van der Waals surface area contributed by atoms with Crippen molar-refractivity contribution in [1.29, 1.82) is 0 Å². The van der Waals surface area contributed by atoms with E-state index in [1.807, 2.05) is 18.7 Å². The number of nitrogens with zero attached hydrogens (tertiary/aromatic N) is 2. The number of aromatic nitrogens is 2. The van der Waals surface area contributed by atoms with Crippen molar-refractivity contribution < 1.29 is 0 Å². The van der Waals surface area contributed by atoms with Crippen molar-refractivity contribution in [3.8, 4) is 0 Å². The van der Waals surface area contributed by atoms with Crippen LogP contribution < -0.4 is 10.6 Å². The van der Waals surface area contributed by atoms with Crippen LogP contribution in [0.3, 0.4) is 0 Å². The van der Waals surface area contributed by atoms with Crippen molar-refractivity contribution in [2.24, 2.45) is 7.05 Å². The third-order valence-electron chi connectivity index (χ3n) is 2.71. The fourth-order valence-corrected chi connectivity index (χ4v) is 1.93. The van der Waals surface area contributed by atoms with Crippen LogP contribution in [0.2, 0.25) is 0 Å². The minimum Gasteiger partial charge on any atom is -0.379 e. The highest BCUT2D eigenvalue weighted by atomic mass is 15.3. The van der Waals surface area contributed by atoms with Gasteiger partial charge in [-0.1, -0.05) is 0 Å². The summed E-state index contributed by atoms with van der Waals surface area (Å²) in [6, 6.07) is 0.610. The van der Waals surface area contributed by atoms with Gasteiger partial charge in [0.2, 0.25) is 0 Å². The predicted molar refractivity (Wildman–Crippen MR) is 57.5 cm³/mol. The van der Waals surface area contributed by atoms with Crippen molar-refractivity contribution in [2.75, 3.05) is 18.4 Å². The number of aryl methyl sites for hydroxylation is 2. The van der Waals surface area contributed by atoms with E-state index in [2.05, 4.69) is 21.9 Å². The largest absolute Gasteiger partial charge is 0.379 e. The molecule has 1 aliphatic rings. The van der Waals surface area contributed by atoms with Gasteiger partial charge in [-0.05, 0) is 32.9 Å². The Kier molecular flexibility index (Phi) is 2.72. The van der Waals surface area contributed by atoms with Crippen molar-refractivity contribution in [1.82, 2.24) is 15.1 Å². The first kappa shape index (κ1) is 9.52. The minimum atomic E-state index is 0.610. The molecule has 2 N–H and O–H groups in total. The summed E-state index contributed by atoms with van der Waals surface area (Å²) in [5, 5.41) is 11.2. The number of hydrogen-bond acceptors (Lipinski definition) is 3. The molecule has 4 nitrogen and oxygen atoms in total. The van der Waals surface area contributed by atoms with Gasteiger partial charge >= 0.3 is 0 Å². The topological polar surface area (TPSA) is 41.9 Å². The zero-order valence-electron chi connectivity index (χ0n) is 8.88. The smallest absolute Gasteiger partial charge is 0.0825 e. The Hall–Kier alpha value is -1.03. The van der Waals surface area contributed by atoms with Gasteiger partial charge in [0.1, 0.15) is 0 Å². The molecule has 0 unspecified atom stereocenters. The monoisotopic (exact) mass is 194 g/mol. The molecule has 1 fully saturated rings. The lowest BCUT2D eigenvalue weighted by molar-refractivity contribution is 0.479. The number of nitrogens with one attached hydrogen (secondary N) is 2. The second kappa shape index (κ2) is 4.00. The summed E-state index contributed by atoms with van der Waals surface area (Å²) in [6.45, 7) is 4.29. The summed E-state index contributed by atoms with van der Waals surface area (Å²) in [5.41, 5.74) is 2.27. The standard InChI is InChI=1S/C10H18N4/c1-8-10(7-14(2)13-8)12-9-3-5-11-6-4-9/h7,9,11-12H,3-6H2,1-2H3. The quantitative estimate of drug-likeness (QED) is 0.735. The molecule has 1 aromatic heterocycles. The molecule has 0 spiro atoms. The summed E-state index contributed by atoms with van der Waals surface area (Å²) in [7, 11) is 1.96. The SMILES string of the molecule is Cc1nn(C)cc1NC1CCNCC1. The first-order valence-electron chi connectivity index (χ1n) is 5.23. The molecule has 4 heteroatoms. The van der Waals surface area contributed by atoms with Gasteiger partial charge in [-0.25, -0.2) is 0 Å². The van der Waals surface area contributed by atoms with Crippen LogP contribution in [0.15, 0.2) is 6.20 Å². The fourth-order valence-electron chi connectivity index (χ4n) is 1.93. The van der Waals surface area contributed by atoms with Gasteiger partial charge in [0.15, 0.2) is 0 Å². The summed E-state index contributed by atoms with van der Waals surface area (Å²) >= 11 is 0. The molecule has 1 aliphatic heterocycles. The maximum absolute atomic E-state index is 4.32. The van der Waals surface area contributed by atoms with Crippen molar-refractivity contribution >= 4 is 5.69 Å². The van der Waals surface area contributed by atoms with E-state index < -0.39 is 0 Å². The molecule has 0 bridgehead atoms. The van der Waals surface area contributed by atoms with E-state index in [4.69, 9.17) is 0 Å². The van der Waals surface area contributed by atoms with E-state index in [-0.39, 0.29) is 0 Å². The van der Waals surface area contributed by atoms with Crippen LogP contribution in [0.25, 0.3) is 0 Å². The molecule has 14 heavy (non-hydrogen) atoms. The van der Waals surface area contributed by atoms with Crippen LogP contribution in [0.4, 0.5) is 5.69 Å². The van der Waals surface area contributed by atoms with Crippen LogP contribution in [0.1, 0.15) is 18.5 Å². The fraction of sp³-hybridized carbons (Fsp3) is 0.700. The Balaban J connectivity index is 1.98. The molecular formula is C10H18N4. The van der Waals surface area contributed by atoms with Gasteiger partial charge in [-0.3, -0.25) is 4.68 Å². The molecule has 0 amide bonds. The molecule has 0 saturated carbocycles. The first-order chi connectivity index (χ1) is 6.75. The Morgan fingerprint density at radius 1 is 1.50 bits per heavy atom. The van der Waals surface area contributed by atoms with Gasteiger partial charge in [0, 0.05) is 19.3 Å².